The van der Waals surface area contributed by atoms with Gasteiger partial charge in [0.25, 0.3) is 0 Å². The fourth-order valence-electron chi connectivity index (χ4n) is 1.40. The molecule has 2 atom stereocenters. The highest BCUT2D eigenvalue weighted by Gasteiger charge is 2.24. The van der Waals surface area contributed by atoms with Crippen molar-refractivity contribution in [3.63, 3.8) is 0 Å². The maximum absolute atomic E-state index is 10.6. The number of aliphatic hydroxyl groups is 1. The Bertz CT molecular complexity index is 407. The zero-order chi connectivity index (χ0) is 13.0. The Morgan fingerprint density at radius 3 is 2.35 bits per heavy atom. The van der Waals surface area contributed by atoms with Gasteiger partial charge >= 0.3 is 5.97 Å². The Kier molecular flexibility index (Phi) is 4.30. The van der Waals surface area contributed by atoms with Gasteiger partial charge in [0.05, 0.1) is 20.3 Å². The van der Waals surface area contributed by atoms with Gasteiger partial charge in [-0.1, -0.05) is 6.07 Å². The number of nitrogens with two attached hydrogens (primary N) is 1. The Morgan fingerprint density at radius 2 is 1.88 bits per heavy atom. The van der Waals surface area contributed by atoms with Crippen LogP contribution >= 0.6 is 0 Å². The third kappa shape index (κ3) is 2.86. The molecule has 0 radical (unpaired) electrons. The van der Waals surface area contributed by atoms with E-state index < -0.39 is 18.1 Å². The summed E-state index contributed by atoms with van der Waals surface area (Å²) in [6, 6.07) is 3.70. The molecule has 0 fully saturated rings. The summed E-state index contributed by atoms with van der Waals surface area (Å²) in [4.78, 5) is 10.6. The molecule has 0 amide bonds. The number of hydrogen-bond acceptors (Lipinski definition) is 5. The SMILES string of the molecule is COc1ccc(C(N)C(O)C(=O)O)cc1OC. The molecule has 4 N–H and O–H groups in total. The second-order valence-electron chi connectivity index (χ2n) is 3.42. The van der Waals surface area contributed by atoms with Crippen LogP contribution < -0.4 is 15.2 Å². The number of ether oxygens (including phenoxy) is 2. The third-order valence-electron chi connectivity index (χ3n) is 2.39. The van der Waals surface area contributed by atoms with Gasteiger partial charge in [-0.15, -0.1) is 0 Å². The number of methoxy groups -OCH3 is 2. The standard InChI is InChI=1S/C11H15NO5/c1-16-7-4-3-6(5-8(7)17-2)9(12)10(13)11(14)15/h3-5,9-10,13H,12H2,1-2H3,(H,14,15). The Labute approximate surface area is 98.6 Å². The molecular weight excluding hydrogens is 226 g/mol. The minimum Gasteiger partial charge on any atom is -0.493 e. The molecule has 94 valence electrons. The number of carbonyl (C=O) groups is 1. The number of aliphatic hydroxyl groups excluding tert-OH is 1. The van der Waals surface area contributed by atoms with E-state index in [2.05, 4.69) is 0 Å². The second-order valence-corrected chi connectivity index (χ2v) is 3.42. The van der Waals surface area contributed by atoms with E-state index in [4.69, 9.17) is 20.3 Å². The van der Waals surface area contributed by atoms with E-state index >= 15 is 0 Å². The molecule has 0 spiro atoms. The van der Waals surface area contributed by atoms with Crippen molar-refractivity contribution in [2.45, 2.75) is 12.1 Å². The maximum atomic E-state index is 10.6. The molecule has 6 heteroatoms. The van der Waals surface area contributed by atoms with E-state index in [-0.39, 0.29) is 0 Å². The van der Waals surface area contributed by atoms with E-state index in [1.807, 2.05) is 0 Å². The Hall–Kier alpha value is -1.79. The van der Waals surface area contributed by atoms with Crippen molar-refractivity contribution < 1.29 is 24.5 Å². The quantitative estimate of drug-likeness (QED) is 0.678. The number of carboxylic acid groups (broad SMARTS) is 1. The van der Waals surface area contributed by atoms with Crippen LogP contribution in [0.5, 0.6) is 11.5 Å². The molecule has 1 aromatic carbocycles. The summed E-state index contributed by atoms with van der Waals surface area (Å²) in [5.74, 6) is -0.432. The van der Waals surface area contributed by atoms with E-state index in [0.29, 0.717) is 17.1 Å². The van der Waals surface area contributed by atoms with Gasteiger partial charge in [0.1, 0.15) is 0 Å². The van der Waals surface area contributed by atoms with Gasteiger partial charge in [-0.05, 0) is 17.7 Å². The zero-order valence-electron chi connectivity index (χ0n) is 9.58. The van der Waals surface area contributed by atoms with Crippen molar-refractivity contribution in [2.24, 2.45) is 5.73 Å². The fourth-order valence-corrected chi connectivity index (χ4v) is 1.40. The van der Waals surface area contributed by atoms with E-state index in [1.165, 1.54) is 20.3 Å². The van der Waals surface area contributed by atoms with Crippen LogP contribution in [0.4, 0.5) is 0 Å². The first-order valence-corrected chi connectivity index (χ1v) is 4.89. The molecular formula is C11H15NO5. The van der Waals surface area contributed by atoms with Crippen molar-refractivity contribution in [2.75, 3.05) is 14.2 Å². The molecule has 1 aromatic rings. The predicted molar refractivity (Wildman–Crippen MR) is 60.1 cm³/mol. The number of benzene rings is 1. The molecule has 0 aromatic heterocycles. The molecule has 2 unspecified atom stereocenters. The lowest BCUT2D eigenvalue weighted by Crippen LogP contribution is -2.33. The maximum Gasteiger partial charge on any atom is 0.334 e. The van der Waals surface area contributed by atoms with Crippen molar-refractivity contribution in [1.82, 2.24) is 0 Å². The summed E-state index contributed by atoms with van der Waals surface area (Å²) in [5, 5.41) is 18.0. The van der Waals surface area contributed by atoms with E-state index in [1.54, 1.807) is 12.1 Å². The van der Waals surface area contributed by atoms with Gasteiger partial charge in [0.2, 0.25) is 0 Å². The lowest BCUT2D eigenvalue weighted by atomic mass is 10.0. The number of rotatable bonds is 5. The van der Waals surface area contributed by atoms with Crippen LogP contribution in [0.2, 0.25) is 0 Å². The first-order valence-electron chi connectivity index (χ1n) is 4.89. The van der Waals surface area contributed by atoms with Crippen LogP contribution in [0.3, 0.4) is 0 Å². The number of hydrogen-bond donors (Lipinski definition) is 3. The minimum atomic E-state index is -1.66. The topological polar surface area (TPSA) is 102 Å². The molecule has 0 aliphatic carbocycles. The van der Waals surface area contributed by atoms with Crippen molar-refractivity contribution in [3.8, 4) is 11.5 Å². The summed E-state index contributed by atoms with van der Waals surface area (Å²) < 4.78 is 10.1. The van der Waals surface area contributed by atoms with Gasteiger partial charge in [-0.3, -0.25) is 0 Å². The normalized spacial score (nSPS) is 13.9. The molecule has 1 rings (SSSR count). The highest BCUT2D eigenvalue weighted by atomic mass is 16.5. The predicted octanol–water partition coefficient (Wildman–Crippen LogP) is 0.149. The van der Waals surface area contributed by atoms with Gasteiger partial charge in [-0.2, -0.15) is 0 Å². The zero-order valence-corrected chi connectivity index (χ0v) is 9.58. The number of carboxylic acids is 1. The van der Waals surface area contributed by atoms with Crippen LogP contribution in [-0.4, -0.2) is 36.5 Å². The molecule has 0 heterocycles. The lowest BCUT2D eigenvalue weighted by molar-refractivity contribution is -0.147. The van der Waals surface area contributed by atoms with Crippen LogP contribution in [-0.2, 0) is 4.79 Å². The van der Waals surface area contributed by atoms with Crippen LogP contribution in [0.1, 0.15) is 11.6 Å². The monoisotopic (exact) mass is 241 g/mol. The van der Waals surface area contributed by atoms with E-state index in [9.17, 15) is 9.90 Å². The third-order valence-corrected chi connectivity index (χ3v) is 2.39. The van der Waals surface area contributed by atoms with Gasteiger partial charge in [0.15, 0.2) is 17.6 Å². The Morgan fingerprint density at radius 1 is 1.29 bits per heavy atom. The van der Waals surface area contributed by atoms with E-state index in [0.717, 1.165) is 0 Å². The average molecular weight is 241 g/mol. The smallest absolute Gasteiger partial charge is 0.334 e. The highest BCUT2D eigenvalue weighted by Crippen LogP contribution is 2.30. The molecule has 0 saturated heterocycles. The summed E-state index contributed by atoms with van der Waals surface area (Å²) in [7, 11) is 2.95. The summed E-state index contributed by atoms with van der Waals surface area (Å²) in [6.45, 7) is 0. The molecule has 0 aliphatic rings. The van der Waals surface area contributed by atoms with Crippen LogP contribution in [0.15, 0.2) is 18.2 Å². The average Bonchev–Trinajstić information content (AvgIpc) is 2.35. The van der Waals surface area contributed by atoms with Crippen molar-refractivity contribution in [1.29, 1.82) is 0 Å². The number of aliphatic carboxylic acids is 1. The summed E-state index contributed by atoms with van der Waals surface area (Å²) in [6.07, 6.45) is -1.66. The first kappa shape index (κ1) is 13.3. The molecule has 0 saturated carbocycles. The lowest BCUT2D eigenvalue weighted by Gasteiger charge is -2.17. The van der Waals surface area contributed by atoms with Gasteiger partial charge < -0.3 is 25.4 Å². The summed E-state index contributed by atoms with van der Waals surface area (Å²) in [5.41, 5.74) is 6.08. The molecule has 0 bridgehead atoms. The minimum absolute atomic E-state index is 0.429. The summed E-state index contributed by atoms with van der Waals surface area (Å²) >= 11 is 0. The van der Waals surface area contributed by atoms with Gasteiger partial charge in [-0.25, -0.2) is 4.79 Å². The molecule has 17 heavy (non-hydrogen) atoms. The van der Waals surface area contributed by atoms with Crippen LogP contribution in [0, 0.1) is 0 Å². The highest BCUT2D eigenvalue weighted by molar-refractivity contribution is 5.73. The van der Waals surface area contributed by atoms with Crippen LogP contribution in [0.25, 0.3) is 0 Å². The largest absolute Gasteiger partial charge is 0.493 e. The molecule has 6 nitrogen and oxygen atoms in total. The van der Waals surface area contributed by atoms with Gasteiger partial charge in [0, 0.05) is 0 Å². The van der Waals surface area contributed by atoms with Crippen molar-refractivity contribution >= 4 is 5.97 Å². The second kappa shape index (κ2) is 5.51. The molecule has 0 aliphatic heterocycles. The fraction of sp³-hybridized carbons (Fsp3) is 0.364. The first-order chi connectivity index (χ1) is 8.01. The Balaban J connectivity index is 3.03. The van der Waals surface area contributed by atoms with Crippen molar-refractivity contribution in [3.05, 3.63) is 23.8 Å².